The lowest BCUT2D eigenvalue weighted by molar-refractivity contribution is 0.562. The topological polar surface area (TPSA) is 52.0 Å². The summed E-state index contributed by atoms with van der Waals surface area (Å²) in [5.41, 5.74) is 7.77. The molecule has 0 saturated heterocycles. The molecule has 0 atom stereocenters. The third kappa shape index (κ3) is 4.85. The zero-order valence-corrected chi connectivity index (χ0v) is 4.94. The number of hydrogen-bond donors (Lipinski definition) is 0. The molecule has 0 heterocycles. The van der Waals surface area contributed by atoms with E-state index in [1.165, 1.54) is 6.20 Å². The summed E-state index contributed by atoms with van der Waals surface area (Å²) in [6, 6.07) is 0. The fraction of sp³-hybridized carbons (Fsp3) is 0.500. The molecule has 0 aromatic heterocycles. The fourth-order valence-corrected chi connectivity index (χ4v) is 0.193. The van der Waals surface area contributed by atoms with Gasteiger partial charge in [-0.1, -0.05) is 5.11 Å². The molecular formula is C4H8N4. The molecule has 0 aromatic rings. The summed E-state index contributed by atoms with van der Waals surface area (Å²) < 4.78 is 0. The average molecular weight is 112 g/mol. The van der Waals surface area contributed by atoms with Gasteiger partial charge in [0, 0.05) is 31.4 Å². The van der Waals surface area contributed by atoms with Crippen LogP contribution in [-0.4, -0.2) is 19.0 Å². The molecule has 0 aliphatic carbocycles. The van der Waals surface area contributed by atoms with Crippen LogP contribution in [0.5, 0.6) is 0 Å². The van der Waals surface area contributed by atoms with Crippen molar-refractivity contribution in [1.82, 2.24) is 4.90 Å². The van der Waals surface area contributed by atoms with Crippen molar-refractivity contribution in [1.29, 1.82) is 0 Å². The number of rotatable bonds is 2. The predicted octanol–water partition coefficient (Wildman–Crippen LogP) is 1.33. The lowest BCUT2D eigenvalue weighted by Gasteiger charge is -1.99. The van der Waals surface area contributed by atoms with Crippen LogP contribution in [0.25, 0.3) is 10.4 Å². The molecule has 0 spiro atoms. The highest BCUT2D eigenvalue weighted by Gasteiger charge is 1.68. The second kappa shape index (κ2) is 4.02. The van der Waals surface area contributed by atoms with Crippen LogP contribution in [0.1, 0.15) is 0 Å². The van der Waals surface area contributed by atoms with Crippen molar-refractivity contribution in [2.45, 2.75) is 0 Å². The van der Waals surface area contributed by atoms with Gasteiger partial charge in [-0.15, -0.1) is 0 Å². The summed E-state index contributed by atoms with van der Waals surface area (Å²) in [5, 5.41) is 3.17. The molecule has 0 N–H and O–H groups in total. The fourth-order valence-electron chi connectivity index (χ4n) is 0.193. The van der Waals surface area contributed by atoms with Crippen molar-refractivity contribution in [2.24, 2.45) is 5.11 Å². The molecule has 0 radical (unpaired) electrons. The summed E-state index contributed by atoms with van der Waals surface area (Å²) in [4.78, 5) is 4.31. The van der Waals surface area contributed by atoms with Gasteiger partial charge in [-0.3, -0.25) is 0 Å². The Hall–Kier alpha value is -1.15. The monoisotopic (exact) mass is 112 g/mol. The van der Waals surface area contributed by atoms with Gasteiger partial charge in [-0.05, 0) is 5.53 Å². The highest BCUT2D eigenvalue weighted by Crippen LogP contribution is 1.77. The maximum Gasteiger partial charge on any atom is 0.0168 e. The van der Waals surface area contributed by atoms with Gasteiger partial charge in [0.2, 0.25) is 0 Å². The summed E-state index contributed by atoms with van der Waals surface area (Å²) in [6.45, 7) is 0. The van der Waals surface area contributed by atoms with Gasteiger partial charge in [0.05, 0.1) is 0 Å². The van der Waals surface area contributed by atoms with Crippen molar-refractivity contribution in [3.05, 3.63) is 22.8 Å². The third-order valence-corrected chi connectivity index (χ3v) is 0.483. The molecule has 0 amide bonds. The van der Waals surface area contributed by atoms with Crippen molar-refractivity contribution in [3.8, 4) is 0 Å². The molecule has 4 nitrogen and oxygen atoms in total. The van der Waals surface area contributed by atoms with Crippen LogP contribution in [0, 0.1) is 0 Å². The summed E-state index contributed by atoms with van der Waals surface area (Å²) >= 11 is 0. The van der Waals surface area contributed by atoms with Crippen LogP contribution < -0.4 is 0 Å². The van der Waals surface area contributed by atoms with E-state index in [9.17, 15) is 0 Å². The summed E-state index contributed by atoms with van der Waals surface area (Å²) in [6.07, 6.45) is 3.06. The van der Waals surface area contributed by atoms with Gasteiger partial charge < -0.3 is 4.90 Å². The summed E-state index contributed by atoms with van der Waals surface area (Å²) in [5.74, 6) is 0. The lowest BCUT2D eigenvalue weighted by Crippen LogP contribution is -1.99. The first kappa shape index (κ1) is 6.85. The van der Waals surface area contributed by atoms with Crippen molar-refractivity contribution in [3.63, 3.8) is 0 Å². The second-order valence-corrected chi connectivity index (χ2v) is 1.47. The largest absolute Gasteiger partial charge is 0.384 e. The molecule has 0 rings (SSSR count). The number of hydrogen-bond acceptors (Lipinski definition) is 2. The lowest BCUT2D eigenvalue weighted by atomic mass is 10.8. The van der Waals surface area contributed by atoms with E-state index in [-0.39, 0.29) is 0 Å². The SMILES string of the molecule is CN(C)/C=C/N=[N+]=[N-]. The van der Waals surface area contributed by atoms with Crippen molar-refractivity contribution < 1.29 is 0 Å². The van der Waals surface area contributed by atoms with Gasteiger partial charge in [-0.2, -0.15) is 0 Å². The Labute approximate surface area is 48.0 Å². The Morgan fingerprint density at radius 3 is 2.62 bits per heavy atom. The minimum atomic E-state index is 1.39. The molecule has 44 valence electrons. The number of nitrogens with zero attached hydrogens (tertiary/aromatic N) is 4. The predicted molar refractivity (Wildman–Crippen MR) is 32.0 cm³/mol. The van der Waals surface area contributed by atoms with Crippen LogP contribution in [0.2, 0.25) is 0 Å². The van der Waals surface area contributed by atoms with Crippen LogP contribution >= 0.6 is 0 Å². The maximum absolute atomic E-state index is 7.77. The first-order chi connectivity index (χ1) is 3.77. The molecule has 0 fully saturated rings. The van der Waals surface area contributed by atoms with E-state index < -0.39 is 0 Å². The van der Waals surface area contributed by atoms with E-state index in [2.05, 4.69) is 10.0 Å². The first-order valence-corrected chi connectivity index (χ1v) is 2.14. The maximum atomic E-state index is 7.77. The first-order valence-electron chi connectivity index (χ1n) is 2.14. The molecular weight excluding hydrogens is 104 g/mol. The van der Waals surface area contributed by atoms with Gasteiger partial charge in [0.1, 0.15) is 0 Å². The normalized spacial score (nSPS) is 8.75. The van der Waals surface area contributed by atoms with E-state index in [1.54, 1.807) is 11.1 Å². The molecule has 0 saturated carbocycles. The van der Waals surface area contributed by atoms with Crippen LogP contribution in [-0.2, 0) is 0 Å². The zero-order valence-electron chi connectivity index (χ0n) is 4.94. The Morgan fingerprint density at radius 2 is 2.25 bits per heavy atom. The van der Waals surface area contributed by atoms with Gasteiger partial charge in [0.25, 0.3) is 0 Å². The molecule has 0 aliphatic heterocycles. The average Bonchev–Trinajstić information content (AvgIpc) is 1.66. The smallest absolute Gasteiger partial charge is 0.0168 e. The van der Waals surface area contributed by atoms with Crippen LogP contribution in [0.3, 0.4) is 0 Å². The van der Waals surface area contributed by atoms with Gasteiger partial charge in [0.15, 0.2) is 0 Å². The molecule has 0 unspecified atom stereocenters. The minimum Gasteiger partial charge on any atom is -0.384 e. The van der Waals surface area contributed by atoms with E-state index >= 15 is 0 Å². The van der Waals surface area contributed by atoms with Crippen LogP contribution in [0.15, 0.2) is 17.5 Å². The van der Waals surface area contributed by atoms with Crippen molar-refractivity contribution >= 4 is 0 Å². The second-order valence-electron chi connectivity index (χ2n) is 1.47. The summed E-state index contributed by atoms with van der Waals surface area (Å²) in [7, 11) is 3.70. The Balaban J connectivity index is 3.49. The number of azide groups is 1. The molecule has 8 heavy (non-hydrogen) atoms. The van der Waals surface area contributed by atoms with E-state index in [0.717, 1.165) is 0 Å². The van der Waals surface area contributed by atoms with Gasteiger partial charge >= 0.3 is 0 Å². The molecule has 0 aromatic carbocycles. The highest BCUT2D eigenvalue weighted by molar-refractivity contribution is 4.76. The van der Waals surface area contributed by atoms with Gasteiger partial charge in [-0.25, -0.2) is 0 Å². The standard InChI is InChI=1S/C4H8N4/c1-8(2)4-3-6-7-5/h3-4H,1-2H3/b4-3+. The zero-order chi connectivity index (χ0) is 6.41. The molecule has 0 bridgehead atoms. The van der Waals surface area contributed by atoms with E-state index in [4.69, 9.17) is 5.53 Å². The van der Waals surface area contributed by atoms with E-state index in [0.29, 0.717) is 0 Å². The van der Waals surface area contributed by atoms with Crippen LogP contribution in [0.4, 0.5) is 0 Å². The minimum absolute atomic E-state index is 1.39. The Bertz CT molecular complexity index is 120. The molecule has 4 heteroatoms. The highest BCUT2D eigenvalue weighted by atomic mass is 15.1. The third-order valence-electron chi connectivity index (χ3n) is 0.483. The Morgan fingerprint density at radius 1 is 1.62 bits per heavy atom. The Kier molecular flexibility index (Phi) is 3.44. The quantitative estimate of drug-likeness (QED) is 0.302. The molecule has 0 aliphatic rings. The van der Waals surface area contributed by atoms with Crippen molar-refractivity contribution in [2.75, 3.05) is 14.1 Å². The van der Waals surface area contributed by atoms with E-state index in [1.807, 2.05) is 14.1 Å².